The van der Waals surface area contributed by atoms with Crippen LogP contribution in [-0.2, 0) is 0 Å². The number of benzene rings is 2. The van der Waals surface area contributed by atoms with Crippen molar-refractivity contribution in [1.29, 1.82) is 0 Å². The highest BCUT2D eigenvalue weighted by Gasteiger charge is 2.35. The third kappa shape index (κ3) is 4.09. The van der Waals surface area contributed by atoms with Gasteiger partial charge >= 0.3 is 6.03 Å². The van der Waals surface area contributed by atoms with Crippen molar-refractivity contribution >= 4 is 46.5 Å². The fraction of sp³-hybridized carbons (Fsp3) is 0.316. The first-order valence-electron chi connectivity index (χ1n) is 8.29. The molecule has 1 saturated heterocycles. The Kier molecular flexibility index (Phi) is 5.98. The SMILES string of the molecule is CN(C(=O)N(C)[C@H]1CNC[C@@H]1c1ccc(Cl)cc1)c1cc(Cl)cc(Cl)c1. The minimum absolute atomic E-state index is 0.0424. The lowest BCUT2D eigenvalue weighted by molar-refractivity contribution is 0.197. The van der Waals surface area contributed by atoms with Crippen molar-refractivity contribution in [3.05, 3.63) is 63.1 Å². The molecule has 7 heteroatoms. The molecule has 0 radical (unpaired) electrons. The summed E-state index contributed by atoms with van der Waals surface area (Å²) < 4.78 is 0. The fourth-order valence-electron chi connectivity index (χ4n) is 3.34. The van der Waals surface area contributed by atoms with Crippen LogP contribution in [0.5, 0.6) is 0 Å². The number of carbonyl (C=O) groups excluding carboxylic acids is 1. The van der Waals surface area contributed by atoms with Gasteiger partial charge in [-0.3, -0.25) is 4.90 Å². The number of rotatable bonds is 3. The molecule has 0 saturated carbocycles. The van der Waals surface area contributed by atoms with Gasteiger partial charge in [0.25, 0.3) is 0 Å². The Labute approximate surface area is 168 Å². The van der Waals surface area contributed by atoms with Gasteiger partial charge in [0.1, 0.15) is 0 Å². The predicted octanol–water partition coefficient (Wildman–Crippen LogP) is 4.89. The van der Waals surface area contributed by atoms with Crippen molar-refractivity contribution in [1.82, 2.24) is 10.2 Å². The Morgan fingerprint density at radius 3 is 2.19 bits per heavy atom. The molecule has 1 N–H and O–H groups in total. The predicted molar refractivity (Wildman–Crippen MR) is 109 cm³/mol. The van der Waals surface area contributed by atoms with E-state index in [1.165, 1.54) is 0 Å². The number of carbonyl (C=O) groups is 1. The molecule has 2 amide bonds. The first-order valence-corrected chi connectivity index (χ1v) is 9.43. The lowest BCUT2D eigenvalue weighted by Gasteiger charge is -2.32. The van der Waals surface area contributed by atoms with E-state index in [1.54, 1.807) is 35.0 Å². The Balaban J connectivity index is 1.79. The Bertz CT molecular complexity index is 777. The second-order valence-corrected chi connectivity index (χ2v) is 7.77. The number of nitrogens with one attached hydrogen (secondary N) is 1. The van der Waals surface area contributed by atoms with Gasteiger partial charge in [-0.15, -0.1) is 0 Å². The average molecular weight is 413 g/mol. The molecule has 0 aromatic heterocycles. The Hall–Kier alpha value is -1.46. The van der Waals surface area contributed by atoms with Gasteiger partial charge in [0.05, 0.1) is 6.04 Å². The first kappa shape index (κ1) is 19.3. The van der Waals surface area contributed by atoms with E-state index in [1.807, 2.05) is 31.3 Å². The van der Waals surface area contributed by atoms with Crippen LogP contribution in [0.3, 0.4) is 0 Å². The van der Waals surface area contributed by atoms with Gasteiger partial charge in [0.15, 0.2) is 0 Å². The van der Waals surface area contributed by atoms with E-state index in [0.29, 0.717) is 20.8 Å². The number of anilines is 1. The van der Waals surface area contributed by atoms with Gasteiger partial charge in [-0.1, -0.05) is 46.9 Å². The third-order valence-corrected chi connectivity index (χ3v) is 5.49. The minimum atomic E-state index is -0.115. The molecule has 0 unspecified atom stereocenters. The number of halogens is 3. The highest BCUT2D eigenvalue weighted by atomic mass is 35.5. The van der Waals surface area contributed by atoms with Crippen LogP contribution >= 0.6 is 34.8 Å². The maximum atomic E-state index is 13.0. The van der Waals surface area contributed by atoms with Crippen LogP contribution in [0.2, 0.25) is 15.1 Å². The molecule has 0 spiro atoms. The van der Waals surface area contributed by atoms with E-state index >= 15 is 0 Å². The summed E-state index contributed by atoms with van der Waals surface area (Å²) in [6, 6.07) is 12.8. The van der Waals surface area contributed by atoms with Crippen molar-refractivity contribution in [2.75, 3.05) is 32.1 Å². The van der Waals surface area contributed by atoms with E-state index in [4.69, 9.17) is 34.8 Å². The van der Waals surface area contributed by atoms with Crippen LogP contribution in [0, 0.1) is 0 Å². The second-order valence-electron chi connectivity index (χ2n) is 6.46. The largest absolute Gasteiger partial charge is 0.324 e. The molecule has 4 nitrogen and oxygen atoms in total. The van der Waals surface area contributed by atoms with Crippen molar-refractivity contribution in [3.8, 4) is 0 Å². The first-order chi connectivity index (χ1) is 12.4. The van der Waals surface area contributed by atoms with E-state index in [9.17, 15) is 4.79 Å². The number of likely N-dealkylation sites (N-methyl/N-ethyl adjacent to an activating group) is 1. The zero-order valence-corrected chi connectivity index (χ0v) is 16.8. The summed E-state index contributed by atoms with van der Waals surface area (Å²) in [6.07, 6.45) is 0. The van der Waals surface area contributed by atoms with Gasteiger partial charge in [-0.05, 0) is 35.9 Å². The normalized spacial score (nSPS) is 19.4. The van der Waals surface area contributed by atoms with Crippen LogP contribution in [-0.4, -0.2) is 44.2 Å². The van der Waals surface area contributed by atoms with Crippen molar-refractivity contribution < 1.29 is 4.79 Å². The number of hydrogen-bond donors (Lipinski definition) is 1. The van der Waals surface area contributed by atoms with E-state index in [0.717, 1.165) is 18.7 Å². The summed E-state index contributed by atoms with van der Waals surface area (Å²) in [5.74, 6) is 0.206. The van der Waals surface area contributed by atoms with Crippen LogP contribution < -0.4 is 10.2 Å². The molecule has 2 aromatic rings. The molecule has 138 valence electrons. The molecule has 1 fully saturated rings. The van der Waals surface area contributed by atoms with E-state index in [2.05, 4.69) is 5.32 Å². The summed E-state index contributed by atoms with van der Waals surface area (Å²) in [6.45, 7) is 1.55. The minimum Gasteiger partial charge on any atom is -0.322 e. The zero-order valence-electron chi connectivity index (χ0n) is 14.5. The van der Waals surface area contributed by atoms with Crippen LogP contribution in [0.4, 0.5) is 10.5 Å². The molecular weight excluding hydrogens is 393 g/mol. The monoisotopic (exact) mass is 411 g/mol. The third-order valence-electron chi connectivity index (χ3n) is 4.80. The number of amides is 2. The van der Waals surface area contributed by atoms with Crippen LogP contribution in [0.1, 0.15) is 11.5 Å². The molecule has 0 bridgehead atoms. The highest BCUT2D eigenvalue weighted by molar-refractivity contribution is 6.35. The summed E-state index contributed by atoms with van der Waals surface area (Å²) in [7, 11) is 3.55. The molecule has 1 aliphatic heterocycles. The molecule has 1 heterocycles. The summed E-state index contributed by atoms with van der Waals surface area (Å²) in [5, 5.41) is 5.08. The summed E-state index contributed by atoms with van der Waals surface area (Å²) in [4.78, 5) is 16.3. The summed E-state index contributed by atoms with van der Waals surface area (Å²) in [5.41, 5.74) is 1.82. The van der Waals surface area contributed by atoms with Gasteiger partial charge in [0.2, 0.25) is 0 Å². The Morgan fingerprint density at radius 1 is 0.962 bits per heavy atom. The van der Waals surface area contributed by atoms with Gasteiger partial charge in [-0.25, -0.2) is 4.79 Å². The molecular formula is C19H20Cl3N3O. The number of nitrogens with zero attached hydrogens (tertiary/aromatic N) is 2. The lowest BCUT2D eigenvalue weighted by Crippen LogP contribution is -2.47. The van der Waals surface area contributed by atoms with Gasteiger partial charge in [-0.2, -0.15) is 0 Å². The molecule has 2 atom stereocenters. The zero-order chi connectivity index (χ0) is 18.8. The molecule has 0 aliphatic carbocycles. The highest BCUT2D eigenvalue weighted by Crippen LogP contribution is 2.29. The molecule has 2 aromatic carbocycles. The van der Waals surface area contributed by atoms with Crippen molar-refractivity contribution in [2.45, 2.75) is 12.0 Å². The van der Waals surface area contributed by atoms with Crippen molar-refractivity contribution in [3.63, 3.8) is 0 Å². The fourth-order valence-corrected chi connectivity index (χ4v) is 3.98. The van der Waals surface area contributed by atoms with E-state index < -0.39 is 0 Å². The molecule has 3 rings (SSSR count). The van der Waals surface area contributed by atoms with Crippen LogP contribution in [0.15, 0.2) is 42.5 Å². The smallest absolute Gasteiger partial charge is 0.322 e. The van der Waals surface area contributed by atoms with E-state index in [-0.39, 0.29) is 18.0 Å². The maximum absolute atomic E-state index is 13.0. The second kappa shape index (κ2) is 8.05. The topological polar surface area (TPSA) is 35.6 Å². The number of urea groups is 1. The quantitative estimate of drug-likeness (QED) is 0.779. The van der Waals surface area contributed by atoms with Crippen molar-refractivity contribution in [2.24, 2.45) is 0 Å². The van der Waals surface area contributed by atoms with Gasteiger partial charge in [0, 0.05) is 53.9 Å². The Morgan fingerprint density at radius 2 is 1.58 bits per heavy atom. The average Bonchev–Trinajstić information content (AvgIpc) is 3.09. The molecule has 26 heavy (non-hydrogen) atoms. The van der Waals surface area contributed by atoms with Gasteiger partial charge < -0.3 is 10.2 Å². The van der Waals surface area contributed by atoms with Crippen LogP contribution in [0.25, 0.3) is 0 Å². The molecule has 1 aliphatic rings. The number of hydrogen-bond acceptors (Lipinski definition) is 2. The lowest BCUT2D eigenvalue weighted by atomic mass is 9.93. The summed E-state index contributed by atoms with van der Waals surface area (Å²) >= 11 is 18.1. The maximum Gasteiger partial charge on any atom is 0.324 e. The standard InChI is InChI=1S/C19H20Cl3N3O/c1-24(16-8-14(21)7-15(22)9-16)19(26)25(2)18-11-23-10-17(18)12-3-5-13(20)6-4-12/h3-9,17-18,23H,10-11H2,1-2H3/t17-,18+/m1/s1.